The fourth-order valence-corrected chi connectivity index (χ4v) is 2.57. The molecule has 0 aliphatic carbocycles. The number of carbonyl (C=O) groups excluding carboxylic acids is 1. The van der Waals surface area contributed by atoms with E-state index in [9.17, 15) is 75.0 Å². The van der Waals surface area contributed by atoms with Crippen LogP contribution >= 0.6 is 34.8 Å². The third-order valence-corrected chi connectivity index (χ3v) is 5.26. The lowest BCUT2D eigenvalue weighted by Crippen LogP contribution is -2.75. The van der Waals surface area contributed by atoms with Crippen LogP contribution in [0.4, 0.5) is 75.9 Å². The Morgan fingerprint density at radius 2 is 0.972 bits per heavy atom. The summed E-state index contributed by atoms with van der Waals surface area (Å²) in [4.78, 5) is 11.5. The minimum atomic E-state index is -8.67. The Morgan fingerprint density at radius 1 is 0.611 bits per heavy atom. The first-order chi connectivity index (χ1) is 15.6. The Hall–Kier alpha value is -1.56. The molecule has 0 unspecified atom stereocenters. The van der Waals surface area contributed by atoms with Gasteiger partial charge in [-0.1, -0.05) is 29.3 Å². The summed E-state index contributed by atoms with van der Waals surface area (Å²) in [7, 11) is 0. The Labute approximate surface area is 202 Å². The predicted octanol–water partition coefficient (Wildman–Crippen LogP) is 8.21. The van der Waals surface area contributed by atoms with Gasteiger partial charge in [0.05, 0.1) is 15.7 Å². The average Bonchev–Trinajstić information content (AvgIpc) is 2.69. The quantitative estimate of drug-likeness (QED) is 0.218. The van der Waals surface area contributed by atoms with Crippen LogP contribution in [0.1, 0.15) is 0 Å². The van der Waals surface area contributed by atoms with Crippen LogP contribution in [0.3, 0.4) is 0 Å². The number of hydrogen-bond donors (Lipinski definition) is 1. The Bertz CT molecular complexity index is 1010. The number of nitrogens with one attached hydrogen (secondary N) is 1. The number of amides is 1. The lowest BCUT2D eigenvalue weighted by molar-refractivity contribution is -0.445. The second kappa shape index (κ2) is 9.03. The summed E-state index contributed by atoms with van der Waals surface area (Å²) in [6.07, 6.45) is 0. The zero-order valence-electron chi connectivity index (χ0n) is 15.8. The van der Waals surface area contributed by atoms with Crippen molar-refractivity contribution >= 4 is 46.4 Å². The van der Waals surface area contributed by atoms with Gasteiger partial charge < -0.3 is 5.32 Å². The first kappa shape index (κ1) is 32.5. The zero-order valence-corrected chi connectivity index (χ0v) is 18.1. The molecule has 0 aliphatic heterocycles. The van der Waals surface area contributed by atoms with Gasteiger partial charge in [0.1, 0.15) is 0 Å². The molecule has 0 bridgehead atoms. The Balaban J connectivity index is 3.61. The normalized spacial score (nSPS) is 15.2. The van der Waals surface area contributed by atoms with E-state index < -0.39 is 68.5 Å². The molecule has 0 saturated heterocycles. The van der Waals surface area contributed by atoms with E-state index in [-0.39, 0.29) is 0 Å². The van der Waals surface area contributed by atoms with Crippen LogP contribution in [0, 0.1) is 0 Å². The monoisotopic (exact) mass is 623 g/mol. The summed E-state index contributed by atoms with van der Waals surface area (Å²) in [6.45, 7) is 0. The fraction of sp³-hybridized carbons (Fsp3) is 0.533. The number of anilines is 1. The number of hydrogen-bond acceptors (Lipinski definition) is 1. The molecule has 1 rings (SSSR count). The van der Waals surface area contributed by atoms with Gasteiger partial charge in [-0.2, -0.15) is 70.2 Å². The van der Waals surface area contributed by atoms with Crippen LogP contribution in [0.2, 0.25) is 10.0 Å². The van der Waals surface area contributed by atoms with E-state index in [2.05, 4.69) is 11.6 Å². The van der Waals surface area contributed by atoms with Crippen molar-refractivity contribution < 1.29 is 75.0 Å². The van der Waals surface area contributed by atoms with Crippen LogP contribution in [-0.2, 0) is 4.79 Å². The molecule has 208 valence electrons. The maximum absolute atomic E-state index is 13.9. The van der Waals surface area contributed by atoms with Gasteiger partial charge in [0.15, 0.2) is 0 Å². The van der Waals surface area contributed by atoms with Crippen LogP contribution in [-0.4, -0.2) is 52.7 Å². The molecule has 0 aliphatic rings. The molecule has 21 heteroatoms. The van der Waals surface area contributed by atoms with E-state index in [1.54, 1.807) is 0 Å². The minimum absolute atomic E-state index is 0.496. The largest absolute Gasteiger partial charge is 0.393 e. The van der Waals surface area contributed by atoms with Crippen LogP contribution in [0.5, 0.6) is 0 Å². The van der Waals surface area contributed by atoms with Gasteiger partial charge in [-0.3, -0.25) is 4.79 Å². The maximum Gasteiger partial charge on any atom is 0.393 e. The van der Waals surface area contributed by atoms with Crippen LogP contribution < -0.4 is 5.32 Å². The SMILES string of the molecule is O=C(Nc1cccc(Cl)c1Cl)C(F)(F)C(F)(F)C(F)(F)C(F)(F)C(F)(F)C(F)(F)C(F)(F)C(F)(F)Cl. The van der Waals surface area contributed by atoms with Gasteiger partial charge in [-0.05, 0) is 23.7 Å². The number of rotatable bonds is 9. The molecule has 0 heterocycles. The fourth-order valence-electron chi connectivity index (χ4n) is 2.11. The van der Waals surface area contributed by atoms with Crippen molar-refractivity contribution in [2.45, 2.75) is 46.8 Å². The summed E-state index contributed by atoms with van der Waals surface area (Å²) in [5.74, 6) is -61.0. The van der Waals surface area contributed by atoms with E-state index in [1.807, 2.05) is 0 Å². The molecule has 0 atom stereocenters. The number of benzene rings is 1. The number of carbonyl (C=O) groups is 1. The minimum Gasteiger partial charge on any atom is -0.319 e. The molecule has 2 nitrogen and oxygen atoms in total. The molecule has 36 heavy (non-hydrogen) atoms. The van der Waals surface area contributed by atoms with E-state index in [1.165, 1.54) is 0 Å². The molecule has 0 radical (unpaired) electrons. The molecule has 0 saturated carbocycles. The van der Waals surface area contributed by atoms with E-state index >= 15 is 0 Å². The number of alkyl halides is 17. The summed E-state index contributed by atoms with van der Waals surface area (Å²) in [5, 5.41) is -7.71. The maximum atomic E-state index is 13.9. The first-order valence-corrected chi connectivity index (χ1v) is 9.17. The Morgan fingerprint density at radius 3 is 1.36 bits per heavy atom. The van der Waals surface area contributed by atoms with Gasteiger partial charge >= 0.3 is 52.7 Å². The predicted molar refractivity (Wildman–Crippen MR) is 90.5 cm³/mol. The van der Waals surface area contributed by atoms with Gasteiger partial charge in [-0.15, -0.1) is 0 Å². The Kier molecular flexibility index (Phi) is 8.14. The summed E-state index contributed by atoms with van der Waals surface area (Å²) in [5.41, 5.74) is -1.17. The second-order valence-electron chi connectivity index (χ2n) is 6.57. The van der Waals surface area contributed by atoms with Crippen LogP contribution in [0.15, 0.2) is 18.2 Å². The van der Waals surface area contributed by atoms with Crippen molar-refractivity contribution in [1.82, 2.24) is 0 Å². The van der Waals surface area contributed by atoms with Crippen molar-refractivity contribution in [3.05, 3.63) is 28.2 Å². The van der Waals surface area contributed by atoms with E-state index in [4.69, 9.17) is 23.2 Å². The second-order valence-corrected chi connectivity index (χ2v) is 7.83. The van der Waals surface area contributed by atoms with Gasteiger partial charge in [0, 0.05) is 0 Å². The average molecular weight is 625 g/mol. The van der Waals surface area contributed by atoms with Crippen molar-refractivity contribution in [1.29, 1.82) is 0 Å². The first-order valence-electron chi connectivity index (χ1n) is 8.04. The lowest BCUT2D eigenvalue weighted by atomic mass is 9.89. The van der Waals surface area contributed by atoms with Gasteiger partial charge in [0.2, 0.25) is 0 Å². The smallest absolute Gasteiger partial charge is 0.319 e. The third-order valence-electron chi connectivity index (χ3n) is 4.21. The topological polar surface area (TPSA) is 29.1 Å². The van der Waals surface area contributed by atoms with Crippen molar-refractivity contribution in [3.8, 4) is 0 Å². The van der Waals surface area contributed by atoms with E-state index in [0.717, 1.165) is 12.1 Å². The molecule has 1 N–H and O–H groups in total. The van der Waals surface area contributed by atoms with Crippen molar-refractivity contribution in [3.63, 3.8) is 0 Å². The summed E-state index contributed by atoms with van der Waals surface area (Å²) >= 11 is 14.2. The summed E-state index contributed by atoms with van der Waals surface area (Å²) < 4.78 is 215. The molecule has 1 aromatic carbocycles. The highest BCUT2D eigenvalue weighted by molar-refractivity contribution is 6.44. The molecule has 1 aromatic rings. The molecular weight excluding hydrogens is 620 g/mol. The lowest BCUT2D eigenvalue weighted by Gasteiger charge is -2.42. The van der Waals surface area contributed by atoms with Gasteiger partial charge in [0.25, 0.3) is 0 Å². The molecule has 0 spiro atoms. The summed E-state index contributed by atoms with van der Waals surface area (Å²) in [6, 6.07) is 2.16. The zero-order chi connectivity index (χ0) is 29.1. The molecule has 1 amide bonds. The van der Waals surface area contributed by atoms with Crippen LogP contribution in [0.25, 0.3) is 0 Å². The molecular formula is C15H4Cl3F16NO. The highest BCUT2D eigenvalue weighted by Gasteiger charge is 2.95. The highest BCUT2D eigenvalue weighted by Crippen LogP contribution is 2.64. The number of halogens is 19. The standard InChI is InChI=1S/C15H4Cl3F16NO/c16-4-2-1-3-5(6(4)17)35-7(36)8(19,20)9(21,22)10(23,24)11(25,26)12(27,28)13(29,30)14(31,32)15(18,33)34/h1-3H,(H,35,36). The third kappa shape index (κ3) is 4.39. The van der Waals surface area contributed by atoms with Crippen molar-refractivity contribution in [2.24, 2.45) is 0 Å². The van der Waals surface area contributed by atoms with Gasteiger partial charge in [-0.25, -0.2) is 0 Å². The van der Waals surface area contributed by atoms with Crippen molar-refractivity contribution in [2.75, 3.05) is 5.32 Å². The molecule has 0 aromatic heterocycles. The molecule has 0 fully saturated rings. The van der Waals surface area contributed by atoms with E-state index in [0.29, 0.717) is 11.4 Å². The highest BCUT2D eigenvalue weighted by atomic mass is 35.5.